The molecule has 0 aliphatic carbocycles. The average molecular weight is 298 g/mol. The van der Waals surface area contributed by atoms with Crippen molar-refractivity contribution in [2.45, 2.75) is 27.2 Å². The summed E-state index contributed by atoms with van der Waals surface area (Å²) in [6.07, 6.45) is 4.75. The van der Waals surface area contributed by atoms with Crippen LogP contribution in [0.2, 0.25) is 0 Å². The molecule has 1 aliphatic rings. The van der Waals surface area contributed by atoms with E-state index in [1.165, 1.54) is 11.3 Å². The fourth-order valence-electron chi connectivity index (χ4n) is 2.59. The van der Waals surface area contributed by atoms with Crippen molar-refractivity contribution in [3.63, 3.8) is 0 Å². The molecule has 0 N–H and O–H groups in total. The second kappa shape index (κ2) is 8.37. The first kappa shape index (κ1) is 16.3. The van der Waals surface area contributed by atoms with Crippen molar-refractivity contribution in [3.05, 3.63) is 48.3 Å². The van der Waals surface area contributed by atoms with Crippen LogP contribution in [0.1, 0.15) is 25.8 Å². The van der Waals surface area contributed by atoms with E-state index in [1.807, 2.05) is 32.3 Å². The van der Waals surface area contributed by atoms with Crippen molar-refractivity contribution in [1.29, 1.82) is 0 Å². The molecular formula is C18H26N4. The van der Waals surface area contributed by atoms with E-state index in [0.717, 1.165) is 38.5 Å². The van der Waals surface area contributed by atoms with E-state index in [9.17, 15) is 0 Å². The predicted molar refractivity (Wildman–Crippen MR) is 93.6 cm³/mol. The van der Waals surface area contributed by atoms with Crippen LogP contribution in [-0.4, -0.2) is 36.1 Å². The Morgan fingerprint density at radius 3 is 2.09 bits per heavy atom. The number of rotatable bonds is 2. The summed E-state index contributed by atoms with van der Waals surface area (Å²) >= 11 is 0. The smallest absolute Gasteiger partial charge is 0.225 e. The van der Waals surface area contributed by atoms with Gasteiger partial charge < -0.3 is 9.80 Å². The molecule has 4 nitrogen and oxygen atoms in total. The third kappa shape index (κ3) is 4.20. The Hall–Kier alpha value is -2.10. The Kier molecular flexibility index (Phi) is 6.19. The number of benzene rings is 1. The lowest BCUT2D eigenvalue weighted by Gasteiger charge is -2.23. The molecule has 3 rings (SSSR count). The fourth-order valence-corrected chi connectivity index (χ4v) is 2.59. The van der Waals surface area contributed by atoms with E-state index in [0.29, 0.717) is 0 Å². The zero-order valence-electron chi connectivity index (χ0n) is 13.9. The average Bonchev–Trinajstić information content (AvgIpc) is 2.84. The Morgan fingerprint density at radius 1 is 0.818 bits per heavy atom. The maximum absolute atomic E-state index is 4.35. The number of anilines is 2. The van der Waals surface area contributed by atoms with E-state index >= 15 is 0 Å². The van der Waals surface area contributed by atoms with Gasteiger partial charge in [0, 0.05) is 44.3 Å². The van der Waals surface area contributed by atoms with E-state index in [1.54, 1.807) is 0 Å². The van der Waals surface area contributed by atoms with Crippen LogP contribution >= 0.6 is 0 Å². The van der Waals surface area contributed by atoms with Crippen LogP contribution in [0.15, 0.2) is 42.7 Å². The second-order valence-corrected chi connectivity index (χ2v) is 5.21. The predicted octanol–water partition coefficient (Wildman–Crippen LogP) is 3.53. The van der Waals surface area contributed by atoms with Crippen molar-refractivity contribution in [1.82, 2.24) is 9.97 Å². The molecule has 1 saturated heterocycles. The molecule has 22 heavy (non-hydrogen) atoms. The van der Waals surface area contributed by atoms with E-state index < -0.39 is 0 Å². The molecule has 0 amide bonds. The lowest BCUT2D eigenvalue weighted by Crippen LogP contribution is -2.31. The standard InChI is InChI=1S/C16H20N4.C2H6/c1-14-4-6-15(7-5-14)19-10-3-11-20(13-12-19)16-17-8-2-9-18-16;1-2/h2,4-9H,3,10-13H2,1H3;1-2H3. The van der Waals surface area contributed by atoms with Crippen LogP contribution in [-0.2, 0) is 0 Å². The minimum Gasteiger partial charge on any atom is -0.370 e. The number of hydrogen-bond donors (Lipinski definition) is 0. The van der Waals surface area contributed by atoms with Crippen molar-refractivity contribution >= 4 is 11.6 Å². The van der Waals surface area contributed by atoms with Crippen LogP contribution < -0.4 is 9.80 Å². The molecule has 1 aliphatic heterocycles. The largest absolute Gasteiger partial charge is 0.370 e. The van der Waals surface area contributed by atoms with Gasteiger partial charge in [0.1, 0.15) is 0 Å². The van der Waals surface area contributed by atoms with Gasteiger partial charge >= 0.3 is 0 Å². The summed E-state index contributed by atoms with van der Waals surface area (Å²) in [5.41, 5.74) is 2.62. The molecule has 0 spiro atoms. The summed E-state index contributed by atoms with van der Waals surface area (Å²) in [6, 6.07) is 10.6. The Balaban J connectivity index is 0.000000847. The van der Waals surface area contributed by atoms with Crippen LogP contribution in [0, 0.1) is 6.92 Å². The number of aryl methyl sites for hydroxylation is 1. The summed E-state index contributed by atoms with van der Waals surface area (Å²) in [5, 5.41) is 0. The van der Waals surface area contributed by atoms with Gasteiger partial charge in [-0.25, -0.2) is 9.97 Å². The molecule has 2 aromatic rings. The summed E-state index contributed by atoms with van der Waals surface area (Å²) in [5.74, 6) is 0.846. The Labute approximate surface area is 133 Å². The van der Waals surface area contributed by atoms with Crippen LogP contribution in [0.4, 0.5) is 11.6 Å². The molecule has 4 heteroatoms. The summed E-state index contributed by atoms with van der Waals surface area (Å²) in [7, 11) is 0. The maximum atomic E-state index is 4.35. The highest BCUT2D eigenvalue weighted by molar-refractivity contribution is 5.48. The lowest BCUT2D eigenvalue weighted by atomic mass is 10.2. The van der Waals surface area contributed by atoms with E-state index in [4.69, 9.17) is 0 Å². The quantitative estimate of drug-likeness (QED) is 0.849. The summed E-state index contributed by atoms with van der Waals surface area (Å²) < 4.78 is 0. The van der Waals surface area contributed by atoms with Gasteiger partial charge in [0.05, 0.1) is 0 Å². The molecule has 2 heterocycles. The third-order valence-electron chi connectivity index (χ3n) is 3.73. The minimum atomic E-state index is 0.846. The van der Waals surface area contributed by atoms with E-state index in [2.05, 4.69) is 51.0 Å². The van der Waals surface area contributed by atoms with Crippen molar-refractivity contribution in [3.8, 4) is 0 Å². The van der Waals surface area contributed by atoms with Gasteiger partial charge in [0.15, 0.2) is 0 Å². The highest BCUT2D eigenvalue weighted by atomic mass is 15.3. The summed E-state index contributed by atoms with van der Waals surface area (Å²) in [4.78, 5) is 13.4. The molecule has 0 radical (unpaired) electrons. The number of aromatic nitrogens is 2. The molecule has 0 unspecified atom stereocenters. The van der Waals surface area contributed by atoms with Crippen LogP contribution in [0.5, 0.6) is 0 Å². The highest BCUT2D eigenvalue weighted by Gasteiger charge is 2.16. The Bertz CT molecular complexity index is 539. The van der Waals surface area contributed by atoms with Crippen molar-refractivity contribution < 1.29 is 0 Å². The molecular weight excluding hydrogens is 272 g/mol. The minimum absolute atomic E-state index is 0.846. The molecule has 118 valence electrons. The lowest BCUT2D eigenvalue weighted by molar-refractivity contribution is 0.782. The van der Waals surface area contributed by atoms with Gasteiger partial charge in [-0.1, -0.05) is 31.5 Å². The van der Waals surface area contributed by atoms with Crippen molar-refractivity contribution in [2.75, 3.05) is 36.0 Å². The zero-order valence-corrected chi connectivity index (χ0v) is 13.9. The van der Waals surface area contributed by atoms with Gasteiger partial charge in [-0.3, -0.25) is 0 Å². The van der Waals surface area contributed by atoms with Gasteiger partial charge in [-0.2, -0.15) is 0 Å². The second-order valence-electron chi connectivity index (χ2n) is 5.21. The highest BCUT2D eigenvalue weighted by Crippen LogP contribution is 2.18. The number of hydrogen-bond acceptors (Lipinski definition) is 4. The topological polar surface area (TPSA) is 32.3 Å². The normalized spacial score (nSPS) is 14.9. The number of nitrogens with zero attached hydrogens (tertiary/aromatic N) is 4. The Morgan fingerprint density at radius 2 is 1.41 bits per heavy atom. The first-order valence-electron chi connectivity index (χ1n) is 8.16. The molecule has 1 fully saturated rings. The first-order valence-corrected chi connectivity index (χ1v) is 8.16. The molecule has 0 atom stereocenters. The molecule has 0 bridgehead atoms. The van der Waals surface area contributed by atoms with Gasteiger partial charge in [-0.05, 0) is 31.5 Å². The van der Waals surface area contributed by atoms with Crippen molar-refractivity contribution in [2.24, 2.45) is 0 Å². The molecule has 1 aromatic carbocycles. The summed E-state index contributed by atoms with van der Waals surface area (Å²) in [6.45, 7) is 10.2. The fraction of sp³-hybridized carbons (Fsp3) is 0.444. The van der Waals surface area contributed by atoms with E-state index in [-0.39, 0.29) is 0 Å². The molecule has 0 saturated carbocycles. The van der Waals surface area contributed by atoms with Gasteiger partial charge in [-0.15, -0.1) is 0 Å². The van der Waals surface area contributed by atoms with Gasteiger partial charge in [0.2, 0.25) is 5.95 Å². The SMILES string of the molecule is CC.Cc1ccc(N2CCCN(c3ncccn3)CC2)cc1. The third-order valence-corrected chi connectivity index (χ3v) is 3.73. The van der Waals surface area contributed by atoms with Gasteiger partial charge in [0.25, 0.3) is 0 Å². The first-order chi connectivity index (χ1) is 10.8. The zero-order chi connectivity index (χ0) is 15.8. The van der Waals surface area contributed by atoms with Crippen LogP contribution in [0.3, 0.4) is 0 Å². The molecule has 1 aromatic heterocycles. The maximum Gasteiger partial charge on any atom is 0.225 e. The monoisotopic (exact) mass is 298 g/mol. The van der Waals surface area contributed by atoms with Crippen LogP contribution in [0.25, 0.3) is 0 Å².